The molecule has 1 nitrogen and oxygen atoms in total. The van der Waals surface area contributed by atoms with Gasteiger partial charge in [0.05, 0.1) is 0 Å². The van der Waals surface area contributed by atoms with Crippen LogP contribution in [0.1, 0.15) is 60.8 Å². The van der Waals surface area contributed by atoms with Crippen LogP contribution in [0.25, 0.3) is 0 Å². The molecule has 1 unspecified atom stereocenters. The minimum Gasteiger partial charge on any atom is -0.303 e. The third-order valence-electron chi connectivity index (χ3n) is 3.45. The van der Waals surface area contributed by atoms with Crippen molar-refractivity contribution in [1.82, 2.24) is 4.90 Å². The molecule has 1 rings (SSSR count). The van der Waals surface area contributed by atoms with Gasteiger partial charge in [-0.25, -0.2) is 0 Å². The summed E-state index contributed by atoms with van der Waals surface area (Å²) in [6.07, 6.45) is 4.13. The van der Waals surface area contributed by atoms with Crippen molar-refractivity contribution in [2.75, 3.05) is 19.6 Å². The second kappa shape index (κ2) is 5.08. The lowest BCUT2D eigenvalue weighted by molar-refractivity contribution is 0.242. The zero-order chi connectivity index (χ0) is 12.4. The third kappa shape index (κ3) is 5.89. The fourth-order valence-corrected chi connectivity index (χ4v) is 2.64. The molecule has 0 aliphatic carbocycles. The second-order valence-corrected chi connectivity index (χ2v) is 8.03. The van der Waals surface area contributed by atoms with Gasteiger partial charge in [0.25, 0.3) is 0 Å². The van der Waals surface area contributed by atoms with Crippen LogP contribution in [0.3, 0.4) is 0 Å². The van der Waals surface area contributed by atoms with Gasteiger partial charge < -0.3 is 4.90 Å². The predicted octanol–water partition coefficient (Wildman–Crippen LogP) is 4.18. The number of nitrogens with zero attached hydrogens (tertiary/aromatic N) is 1. The molecule has 1 atom stereocenters. The lowest BCUT2D eigenvalue weighted by Crippen LogP contribution is -2.26. The minimum absolute atomic E-state index is 0.488. The number of hydrogen-bond donors (Lipinski definition) is 0. The van der Waals surface area contributed by atoms with Gasteiger partial charge in [0.1, 0.15) is 0 Å². The number of likely N-dealkylation sites (tertiary alicyclic amines) is 1. The molecule has 0 saturated carbocycles. The summed E-state index contributed by atoms with van der Waals surface area (Å²) in [6.45, 7) is 18.1. The van der Waals surface area contributed by atoms with Gasteiger partial charge >= 0.3 is 0 Å². The standard InChI is InChI=1S/C15H31N/c1-14(2,3)8-10-16-9-7-13(12-16)11-15(4,5)6/h13H,7-12H2,1-6H3. The van der Waals surface area contributed by atoms with E-state index in [1.807, 2.05) is 0 Å². The maximum absolute atomic E-state index is 2.67. The Morgan fingerprint density at radius 1 is 1.00 bits per heavy atom. The first-order chi connectivity index (χ1) is 7.16. The van der Waals surface area contributed by atoms with Gasteiger partial charge in [-0.2, -0.15) is 0 Å². The lowest BCUT2D eigenvalue weighted by Gasteiger charge is -2.25. The van der Waals surface area contributed by atoms with Crippen LogP contribution in [0.4, 0.5) is 0 Å². The van der Waals surface area contributed by atoms with Crippen molar-refractivity contribution < 1.29 is 0 Å². The van der Waals surface area contributed by atoms with Crippen LogP contribution in [-0.4, -0.2) is 24.5 Å². The maximum Gasteiger partial charge on any atom is 0.00103 e. The molecule has 0 radical (unpaired) electrons. The summed E-state index contributed by atoms with van der Waals surface area (Å²) in [4.78, 5) is 2.67. The van der Waals surface area contributed by atoms with Crippen molar-refractivity contribution in [1.29, 1.82) is 0 Å². The van der Waals surface area contributed by atoms with E-state index in [2.05, 4.69) is 46.4 Å². The highest BCUT2D eigenvalue weighted by Crippen LogP contribution is 2.31. The highest BCUT2D eigenvalue weighted by molar-refractivity contribution is 4.80. The smallest absolute Gasteiger partial charge is 0.00103 e. The fraction of sp³-hybridized carbons (Fsp3) is 1.00. The summed E-state index contributed by atoms with van der Waals surface area (Å²) in [6, 6.07) is 0. The molecule has 1 heteroatoms. The van der Waals surface area contributed by atoms with Crippen molar-refractivity contribution in [2.45, 2.75) is 60.8 Å². The van der Waals surface area contributed by atoms with Crippen LogP contribution in [-0.2, 0) is 0 Å². The Bertz CT molecular complexity index is 206. The molecule has 1 saturated heterocycles. The Morgan fingerprint density at radius 2 is 1.62 bits per heavy atom. The average Bonchev–Trinajstić information content (AvgIpc) is 2.44. The quantitative estimate of drug-likeness (QED) is 0.696. The molecule has 0 bridgehead atoms. The van der Waals surface area contributed by atoms with E-state index in [0.717, 1.165) is 5.92 Å². The molecule has 1 aliphatic heterocycles. The van der Waals surface area contributed by atoms with Crippen LogP contribution in [0.2, 0.25) is 0 Å². The molecule has 1 aliphatic rings. The Balaban J connectivity index is 2.25. The van der Waals surface area contributed by atoms with Crippen molar-refractivity contribution in [3.8, 4) is 0 Å². The molecule has 0 spiro atoms. The molecule has 0 aromatic heterocycles. The van der Waals surface area contributed by atoms with E-state index in [4.69, 9.17) is 0 Å². The largest absolute Gasteiger partial charge is 0.303 e. The van der Waals surface area contributed by atoms with E-state index in [1.54, 1.807) is 0 Å². The van der Waals surface area contributed by atoms with Gasteiger partial charge in [-0.3, -0.25) is 0 Å². The first-order valence-corrected chi connectivity index (χ1v) is 6.88. The van der Waals surface area contributed by atoms with Gasteiger partial charge in [0.15, 0.2) is 0 Å². The van der Waals surface area contributed by atoms with E-state index in [0.29, 0.717) is 10.8 Å². The number of hydrogen-bond acceptors (Lipinski definition) is 1. The molecule has 1 fully saturated rings. The van der Waals surface area contributed by atoms with E-state index in [1.165, 1.54) is 38.9 Å². The molecule has 0 aromatic carbocycles. The zero-order valence-electron chi connectivity index (χ0n) is 12.3. The van der Waals surface area contributed by atoms with E-state index < -0.39 is 0 Å². The van der Waals surface area contributed by atoms with Crippen LogP contribution in [0, 0.1) is 16.7 Å². The Morgan fingerprint density at radius 3 is 2.12 bits per heavy atom. The molecule has 0 N–H and O–H groups in total. The summed E-state index contributed by atoms with van der Waals surface area (Å²) in [5.41, 5.74) is 0.993. The van der Waals surface area contributed by atoms with Crippen LogP contribution >= 0.6 is 0 Å². The Hall–Kier alpha value is -0.0400. The van der Waals surface area contributed by atoms with Crippen molar-refractivity contribution in [2.24, 2.45) is 16.7 Å². The third-order valence-corrected chi connectivity index (χ3v) is 3.45. The molecule has 1 heterocycles. The van der Waals surface area contributed by atoms with E-state index >= 15 is 0 Å². The first-order valence-electron chi connectivity index (χ1n) is 6.88. The predicted molar refractivity (Wildman–Crippen MR) is 72.7 cm³/mol. The molecule has 0 amide bonds. The van der Waals surface area contributed by atoms with Gasteiger partial charge in [0, 0.05) is 6.54 Å². The fourth-order valence-electron chi connectivity index (χ4n) is 2.64. The molecular weight excluding hydrogens is 194 g/mol. The van der Waals surface area contributed by atoms with Crippen molar-refractivity contribution >= 4 is 0 Å². The van der Waals surface area contributed by atoms with Gasteiger partial charge in [-0.1, -0.05) is 41.5 Å². The first kappa shape index (κ1) is 14.0. The van der Waals surface area contributed by atoms with Gasteiger partial charge in [0.2, 0.25) is 0 Å². The average molecular weight is 225 g/mol. The summed E-state index contributed by atoms with van der Waals surface area (Å²) in [7, 11) is 0. The van der Waals surface area contributed by atoms with Crippen LogP contribution in [0.5, 0.6) is 0 Å². The van der Waals surface area contributed by atoms with E-state index in [-0.39, 0.29) is 0 Å². The monoisotopic (exact) mass is 225 g/mol. The van der Waals surface area contributed by atoms with E-state index in [9.17, 15) is 0 Å². The molecule has 96 valence electrons. The lowest BCUT2D eigenvalue weighted by atomic mass is 9.84. The van der Waals surface area contributed by atoms with Gasteiger partial charge in [-0.15, -0.1) is 0 Å². The molecule has 0 aromatic rings. The molecule has 16 heavy (non-hydrogen) atoms. The normalized spacial score (nSPS) is 24.0. The van der Waals surface area contributed by atoms with Crippen molar-refractivity contribution in [3.63, 3.8) is 0 Å². The zero-order valence-corrected chi connectivity index (χ0v) is 12.3. The SMILES string of the molecule is CC(C)(C)CCN1CCC(CC(C)(C)C)C1. The van der Waals surface area contributed by atoms with Gasteiger partial charge in [-0.05, 0) is 49.1 Å². The summed E-state index contributed by atoms with van der Waals surface area (Å²) >= 11 is 0. The summed E-state index contributed by atoms with van der Waals surface area (Å²) in [5, 5.41) is 0. The topological polar surface area (TPSA) is 3.24 Å². The van der Waals surface area contributed by atoms with Crippen molar-refractivity contribution in [3.05, 3.63) is 0 Å². The summed E-state index contributed by atoms with van der Waals surface area (Å²) in [5.74, 6) is 0.944. The number of rotatable bonds is 3. The Kier molecular flexibility index (Phi) is 4.45. The minimum atomic E-state index is 0.488. The van der Waals surface area contributed by atoms with Crippen LogP contribution < -0.4 is 0 Å². The highest BCUT2D eigenvalue weighted by atomic mass is 15.1. The Labute approximate surface area is 103 Å². The van der Waals surface area contributed by atoms with Crippen LogP contribution in [0.15, 0.2) is 0 Å². The maximum atomic E-state index is 2.67. The molecular formula is C15H31N. The second-order valence-electron chi connectivity index (χ2n) is 8.03. The summed E-state index contributed by atoms with van der Waals surface area (Å²) < 4.78 is 0. The highest BCUT2D eigenvalue weighted by Gasteiger charge is 2.26.